The summed E-state index contributed by atoms with van der Waals surface area (Å²) >= 11 is 5.17. The Hall–Kier alpha value is -2.72. The second-order valence-corrected chi connectivity index (χ2v) is 5.86. The van der Waals surface area contributed by atoms with Crippen molar-refractivity contribution in [3.8, 4) is 5.75 Å². The van der Waals surface area contributed by atoms with Gasteiger partial charge in [0.25, 0.3) is 5.69 Å². The third-order valence-electron chi connectivity index (χ3n) is 3.92. The molecule has 1 aromatic rings. The molecule has 1 atom stereocenters. The molecule has 132 valence electrons. The fourth-order valence-electron chi connectivity index (χ4n) is 2.86. The molecule has 25 heavy (non-hydrogen) atoms. The minimum Gasteiger partial charge on any atom is -0.467 e. The molecule has 0 fully saturated rings. The number of carbonyl (C=O) groups excluding carboxylic acids is 1. The number of thiocarbonyl (C=S) groups is 1. The number of nitro benzene ring substituents is 1. The van der Waals surface area contributed by atoms with E-state index < -0.39 is 16.9 Å². The van der Waals surface area contributed by atoms with Crippen molar-refractivity contribution in [2.45, 2.75) is 19.6 Å². The number of hydrogen-bond acceptors (Lipinski definition) is 7. The van der Waals surface area contributed by atoms with Crippen LogP contribution in [0.25, 0.3) is 0 Å². The number of esters is 1. The SMILES string of the molecule is COC(=O)C1=C(C)NC(=S)NC1c1cc([N+](=O)[O-])cc2c1OCOC2. The van der Waals surface area contributed by atoms with Crippen LogP contribution in [0.3, 0.4) is 0 Å². The van der Waals surface area contributed by atoms with Crippen molar-refractivity contribution in [3.05, 3.63) is 44.6 Å². The monoisotopic (exact) mass is 365 g/mol. The average molecular weight is 365 g/mol. The Kier molecular flexibility index (Phi) is 4.55. The van der Waals surface area contributed by atoms with E-state index in [4.69, 9.17) is 26.4 Å². The molecule has 2 aliphatic rings. The molecule has 2 heterocycles. The van der Waals surface area contributed by atoms with E-state index in [0.29, 0.717) is 27.7 Å². The van der Waals surface area contributed by atoms with E-state index in [-0.39, 0.29) is 24.7 Å². The number of fused-ring (bicyclic) bond motifs is 1. The lowest BCUT2D eigenvalue weighted by atomic mass is 9.92. The van der Waals surface area contributed by atoms with Crippen molar-refractivity contribution >= 4 is 29.0 Å². The molecule has 1 unspecified atom stereocenters. The van der Waals surface area contributed by atoms with Gasteiger partial charge in [-0.3, -0.25) is 10.1 Å². The number of allylic oxidation sites excluding steroid dienone is 1. The second kappa shape index (κ2) is 6.65. The van der Waals surface area contributed by atoms with Gasteiger partial charge in [0.15, 0.2) is 11.9 Å². The Morgan fingerprint density at radius 3 is 2.92 bits per heavy atom. The summed E-state index contributed by atoms with van der Waals surface area (Å²) in [5.41, 5.74) is 1.61. The summed E-state index contributed by atoms with van der Waals surface area (Å²) in [6, 6.07) is 2.02. The number of ether oxygens (including phenoxy) is 3. The summed E-state index contributed by atoms with van der Waals surface area (Å²) in [4.78, 5) is 23.0. The first-order chi connectivity index (χ1) is 11.9. The molecule has 2 aliphatic heterocycles. The van der Waals surface area contributed by atoms with E-state index in [1.807, 2.05) is 0 Å². The first kappa shape index (κ1) is 17.1. The topological polar surface area (TPSA) is 112 Å². The van der Waals surface area contributed by atoms with Crippen molar-refractivity contribution in [1.29, 1.82) is 0 Å². The number of hydrogen-bond donors (Lipinski definition) is 2. The maximum absolute atomic E-state index is 12.3. The van der Waals surface area contributed by atoms with Crippen LogP contribution in [0.2, 0.25) is 0 Å². The van der Waals surface area contributed by atoms with Gasteiger partial charge in [0.1, 0.15) is 5.75 Å². The molecule has 10 heteroatoms. The maximum atomic E-state index is 12.3. The van der Waals surface area contributed by atoms with Crippen LogP contribution in [0, 0.1) is 10.1 Å². The molecule has 0 radical (unpaired) electrons. The average Bonchev–Trinajstić information content (AvgIpc) is 2.59. The molecule has 0 aromatic heterocycles. The minimum atomic E-state index is -0.743. The van der Waals surface area contributed by atoms with Crippen LogP contribution in [0.1, 0.15) is 24.1 Å². The van der Waals surface area contributed by atoms with Gasteiger partial charge in [-0.15, -0.1) is 0 Å². The van der Waals surface area contributed by atoms with Crippen molar-refractivity contribution in [1.82, 2.24) is 10.6 Å². The van der Waals surface area contributed by atoms with Gasteiger partial charge >= 0.3 is 5.97 Å². The molecule has 1 aromatic carbocycles. The number of nitro groups is 1. The third-order valence-corrected chi connectivity index (χ3v) is 4.14. The predicted octanol–water partition coefficient (Wildman–Crippen LogP) is 1.43. The molecule has 2 N–H and O–H groups in total. The highest BCUT2D eigenvalue weighted by Crippen LogP contribution is 2.40. The van der Waals surface area contributed by atoms with Gasteiger partial charge in [-0.05, 0) is 19.1 Å². The first-order valence-corrected chi connectivity index (χ1v) is 7.71. The Morgan fingerprint density at radius 2 is 2.24 bits per heavy atom. The molecule has 0 aliphatic carbocycles. The van der Waals surface area contributed by atoms with E-state index in [9.17, 15) is 14.9 Å². The van der Waals surface area contributed by atoms with Gasteiger partial charge < -0.3 is 24.8 Å². The zero-order chi connectivity index (χ0) is 18.1. The van der Waals surface area contributed by atoms with Crippen molar-refractivity contribution in [2.75, 3.05) is 13.9 Å². The predicted molar refractivity (Wildman–Crippen MR) is 89.7 cm³/mol. The molecular weight excluding hydrogens is 350 g/mol. The quantitative estimate of drug-likeness (QED) is 0.355. The van der Waals surface area contributed by atoms with E-state index >= 15 is 0 Å². The summed E-state index contributed by atoms with van der Waals surface area (Å²) in [6.45, 7) is 1.87. The highest BCUT2D eigenvalue weighted by atomic mass is 32.1. The Morgan fingerprint density at radius 1 is 1.48 bits per heavy atom. The minimum absolute atomic E-state index is 0.0173. The summed E-state index contributed by atoms with van der Waals surface area (Å²) in [7, 11) is 1.26. The molecular formula is C15H15N3O6S. The number of methoxy groups -OCH3 is 1. The zero-order valence-electron chi connectivity index (χ0n) is 13.5. The summed E-state index contributed by atoms with van der Waals surface area (Å²) in [5.74, 6) is -0.134. The number of rotatable bonds is 3. The first-order valence-electron chi connectivity index (χ1n) is 7.30. The molecule has 0 amide bonds. The van der Waals surface area contributed by atoms with E-state index in [0.717, 1.165) is 0 Å². The Bertz CT molecular complexity index is 807. The standard InChI is InChI=1S/C15H15N3O6S/c1-7-11(14(19)22-2)12(17-15(25)16-7)10-4-9(18(20)21)3-8-5-23-6-24-13(8)10/h3-4,12H,5-6H2,1-2H3,(H2,16,17,25). The van der Waals surface area contributed by atoms with E-state index in [1.54, 1.807) is 6.92 Å². The van der Waals surface area contributed by atoms with Crippen LogP contribution in [0.4, 0.5) is 5.69 Å². The van der Waals surface area contributed by atoms with Gasteiger partial charge in [0, 0.05) is 29.0 Å². The van der Waals surface area contributed by atoms with Gasteiger partial charge in [0.2, 0.25) is 0 Å². The van der Waals surface area contributed by atoms with Crippen molar-refractivity contribution in [3.63, 3.8) is 0 Å². The maximum Gasteiger partial charge on any atom is 0.337 e. The summed E-state index contributed by atoms with van der Waals surface area (Å²) in [6.07, 6.45) is 0. The number of benzene rings is 1. The fraction of sp³-hybridized carbons (Fsp3) is 0.333. The lowest BCUT2D eigenvalue weighted by Gasteiger charge is -2.31. The number of carbonyl (C=O) groups is 1. The summed E-state index contributed by atoms with van der Waals surface area (Å²) < 4.78 is 15.6. The zero-order valence-corrected chi connectivity index (χ0v) is 14.3. The van der Waals surface area contributed by atoms with Crippen molar-refractivity contribution < 1.29 is 23.9 Å². The highest BCUT2D eigenvalue weighted by Gasteiger charge is 2.35. The van der Waals surface area contributed by atoms with Crippen LogP contribution < -0.4 is 15.4 Å². The fourth-order valence-corrected chi connectivity index (χ4v) is 3.13. The molecule has 0 saturated heterocycles. The normalized spacial score (nSPS) is 19.3. The smallest absolute Gasteiger partial charge is 0.337 e. The van der Waals surface area contributed by atoms with E-state index in [1.165, 1.54) is 19.2 Å². The lowest BCUT2D eigenvalue weighted by Crippen LogP contribution is -2.45. The lowest BCUT2D eigenvalue weighted by molar-refractivity contribution is -0.385. The Balaban J connectivity index is 2.20. The number of nitrogens with one attached hydrogen (secondary N) is 2. The van der Waals surface area contributed by atoms with Crippen LogP contribution in [0.5, 0.6) is 5.75 Å². The third kappa shape index (κ3) is 3.13. The van der Waals surface area contributed by atoms with E-state index in [2.05, 4.69) is 10.6 Å². The second-order valence-electron chi connectivity index (χ2n) is 5.45. The molecule has 0 bridgehead atoms. The Labute approximate surface area is 148 Å². The van der Waals surface area contributed by atoms with Gasteiger partial charge in [-0.1, -0.05) is 0 Å². The molecule has 0 spiro atoms. The van der Waals surface area contributed by atoms with Gasteiger partial charge in [-0.25, -0.2) is 4.79 Å². The van der Waals surface area contributed by atoms with Crippen LogP contribution >= 0.6 is 12.2 Å². The van der Waals surface area contributed by atoms with Crippen LogP contribution in [-0.4, -0.2) is 29.9 Å². The van der Waals surface area contributed by atoms with Crippen LogP contribution in [-0.2, 0) is 20.9 Å². The van der Waals surface area contributed by atoms with Crippen LogP contribution in [0.15, 0.2) is 23.4 Å². The number of nitrogens with zero attached hydrogens (tertiary/aromatic N) is 1. The molecule has 0 saturated carbocycles. The van der Waals surface area contributed by atoms with Gasteiger partial charge in [0.05, 0.1) is 30.3 Å². The van der Waals surface area contributed by atoms with Crippen molar-refractivity contribution in [2.24, 2.45) is 0 Å². The summed E-state index contributed by atoms with van der Waals surface area (Å²) in [5, 5.41) is 17.4. The molecule has 3 rings (SSSR count). The molecule has 9 nitrogen and oxygen atoms in total. The number of non-ortho nitro benzene ring substituents is 1. The van der Waals surface area contributed by atoms with Gasteiger partial charge in [-0.2, -0.15) is 0 Å². The largest absolute Gasteiger partial charge is 0.467 e. The highest BCUT2D eigenvalue weighted by molar-refractivity contribution is 7.80.